The number of carbonyl (C=O) groups is 3. The quantitative estimate of drug-likeness (QED) is 0.616. The predicted molar refractivity (Wildman–Crippen MR) is 131 cm³/mol. The zero-order valence-electron chi connectivity index (χ0n) is 19.7. The van der Waals surface area contributed by atoms with Gasteiger partial charge in [0, 0.05) is 37.0 Å². The molecular weight excluding hydrogens is 492 g/mol. The van der Waals surface area contributed by atoms with Gasteiger partial charge in [-0.25, -0.2) is 8.42 Å². The average Bonchev–Trinajstić information content (AvgIpc) is 3.15. The molecular formula is C23H28N4O6S2. The number of benzene rings is 1. The maximum Gasteiger partial charge on any atom is 0.256 e. The Kier molecular flexibility index (Phi) is 7.00. The Morgan fingerprint density at radius 1 is 1.11 bits per heavy atom. The van der Waals surface area contributed by atoms with Crippen molar-refractivity contribution in [2.75, 3.05) is 25.0 Å². The summed E-state index contributed by atoms with van der Waals surface area (Å²) in [7, 11) is -3.73. The van der Waals surface area contributed by atoms with Crippen LogP contribution in [0.15, 0.2) is 29.2 Å². The van der Waals surface area contributed by atoms with Gasteiger partial charge in [-0.2, -0.15) is 4.31 Å². The lowest BCUT2D eigenvalue weighted by molar-refractivity contribution is -0.129. The summed E-state index contributed by atoms with van der Waals surface area (Å²) in [5.74, 6) is -1.21. The Balaban J connectivity index is 1.53. The lowest BCUT2D eigenvalue weighted by atomic mass is 10.0. The highest BCUT2D eigenvalue weighted by molar-refractivity contribution is 7.89. The number of hydrogen-bond donors (Lipinski definition) is 2. The third-order valence-electron chi connectivity index (χ3n) is 6.12. The molecule has 0 radical (unpaired) electrons. The number of fused-ring (bicyclic) bond motifs is 1. The van der Waals surface area contributed by atoms with Gasteiger partial charge in [0.1, 0.15) is 5.00 Å². The van der Waals surface area contributed by atoms with Gasteiger partial charge in [0.05, 0.1) is 29.2 Å². The van der Waals surface area contributed by atoms with E-state index in [0.717, 1.165) is 10.4 Å². The number of nitrogens with zero attached hydrogens (tertiary/aromatic N) is 2. The van der Waals surface area contributed by atoms with Crippen LogP contribution in [0.25, 0.3) is 0 Å². The molecule has 3 N–H and O–H groups in total. The molecule has 1 fully saturated rings. The Morgan fingerprint density at radius 2 is 1.74 bits per heavy atom. The van der Waals surface area contributed by atoms with E-state index in [2.05, 4.69) is 5.32 Å². The fraction of sp³-hybridized carbons (Fsp3) is 0.435. The van der Waals surface area contributed by atoms with Crippen molar-refractivity contribution in [2.24, 2.45) is 5.73 Å². The van der Waals surface area contributed by atoms with Gasteiger partial charge in [-0.05, 0) is 50.1 Å². The van der Waals surface area contributed by atoms with Crippen molar-refractivity contribution in [3.63, 3.8) is 0 Å². The van der Waals surface area contributed by atoms with E-state index < -0.39 is 21.8 Å². The Hall–Kier alpha value is -2.80. The summed E-state index contributed by atoms with van der Waals surface area (Å²) < 4.78 is 33.1. The Morgan fingerprint density at radius 3 is 2.31 bits per heavy atom. The number of sulfonamides is 1. The zero-order chi connectivity index (χ0) is 25.5. The number of morpholine rings is 1. The van der Waals surface area contributed by atoms with Crippen LogP contribution in [0.3, 0.4) is 0 Å². The lowest BCUT2D eigenvalue weighted by Crippen LogP contribution is -2.48. The number of hydrogen-bond acceptors (Lipinski definition) is 7. The van der Waals surface area contributed by atoms with Gasteiger partial charge in [-0.1, -0.05) is 0 Å². The highest BCUT2D eigenvalue weighted by Gasteiger charge is 2.32. The summed E-state index contributed by atoms with van der Waals surface area (Å²) in [4.78, 5) is 39.4. The summed E-state index contributed by atoms with van der Waals surface area (Å²) in [6.07, 6.45) is 0.0552. The van der Waals surface area contributed by atoms with E-state index in [0.29, 0.717) is 24.5 Å². The first-order valence-electron chi connectivity index (χ1n) is 11.2. The molecule has 1 aromatic heterocycles. The van der Waals surface area contributed by atoms with E-state index in [-0.39, 0.29) is 47.2 Å². The fourth-order valence-electron chi connectivity index (χ4n) is 4.45. The van der Waals surface area contributed by atoms with E-state index >= 15 is 0 Å². The largest absolute Gasteiger partial charge is 0.373 e. The molecule has 35 heavy (non-hydrogen) atoms. The standard InChI is InChI=1S/C23H28N4O6S2/c1-13-10-27(11-14(2)33-13)35(31,32)17-6-4-16(5-7-17)22(30)25-23-20(21(24)29)18-8-9-26(15(3)28)12-19(18)34-23/h4-7,13-14H,8-12H2,1-3H3,(H2,24,29)(H,25,30)/t13-,14-/m1/s1. The van der Waals surface area contributed by atoms with Crippen LogP contribution in [0.2, 0.25) is 0 Å². The molecule has 2 atom stereocenters. The summed E-state index contributed by atoms with van der Waals surface area (Å²) >= 11 is 1.22. The minimum Gasteiger partial charge on any atom is -0.373 e. The van der Waals surface area contributed by atoms with Crippen molar-refractivity contribution in [2.45, 2.75) is 50.8 Å². The van der Waals surface area contributed by atoms with Gasteiger partial charge in [-0.3, -0.25) is 14.4 Å². The highest BCUT2D eigenvalue weighted by atomic mass is 32.2. The molecule has 3 heterocycles. The number of thiophene rings is 1. The number of rotatable bonds is 5. The van der Waals surface area contributed by atoms with E-state index in [9.17, 15) is 22.8 Å². The molecule has 0 aliphatic carbocycles. The number of ether oxygens (including phenoxy) is 1. The second-order valence-corrected chi connectivity index (χ2v) is 11.9. The number of anilines is 1. The fourth-order valence-corrected chi connectivity index (χ4v) is 7.30. The zero-order valence-corrected chi connectivity index (χ0v) is 21.4. The topological polar surface area (TPSA) is 139 Å². The molecule has 188 valence electrons. The number of nitrogens with one attached hydrogen (secondary N) is 1. The molecule has 0 saturated carbocycles. The molecule has 0 bridgehead atoms. The molecule has 1 saturated heterocycles. The maximum absolute atomic E-state index is 13.0. The van der Waals surface area contributed by atoms with Crippen LogP contribution in [0, 0.1) is 0 Å². The molecule has 3 amide bonds. The summed E-state index contributed by atoms with van der Waals surface area (Å²) in [5.41, 5.74) is 6.86. The number of amides is 3. The van der Waals surface area contributed by atoms with Gasteiger partial charge < -0.3 is 20.7 Å². The summed E-state index contributed by atoms with van der Waals surface area (Å²) in [5, 5.41) is 3.07. The molecule has 1 aromatic carbocycles. The molecule has 2 aliphatic rings. The average molecular weight is 521 g/mol. The third-order valence-corrected chi connectivity index (χ3v) is 9.09. The smallest absolute Gasteiger partial charge is 0.256 e. The van der Waals surface area contributed by atoms with Crippen LogP contribution in [0.1, 0.15) is 51.9 Å². The van der Waals surface area contributed by atoms with Crippen molar-refractivity contribution in [1.29, 1.82) is 0 Å². The second-order valence-electron chi connectivity index (χ2n) is 8.82. The lowest BCUT2D eigenvalue weighted by Gasteiger charge is -2.34. The minimum atomic E-state index is -3.73. The number of nitrogens with two attached hydrogens (primary N) is 1. The summed E-state index contributed by atoms with van der Waals surface area (Å²) in [6, 6.07) is 5.66. The molecule has 0 spiro atoms. The van der Waals surface area contributed by atoms with Crippen LogP contribution >= 0.6 is 11.3 Å². The molecule has 2 aliphatic heterocycles. The normalized spacial score (nSPS) is 20.8. The summed E-state index contributed by atoms with van der Waals surface area (Å²) in [6.45, 7) is 6.49. The van der Waals surface area contributed by atoms with Gasteiger partial charge in [-0.15, -0.1) is 11.3 Å². The first-order valence-corrected chi connectivity index (χ1v) is 13.5. The second kappa shape index (κ2) is 9.69. The van der Waals surface area contributed by atoms with Crippen molar-refractivity contribution in [3.05, 3.63) is 45.8 Å². The Bertz CT molecular complexity index is 1260. The van der Waals surface area contributed by atoms with Crippen molar-refractivity contribution >= 4 is 44.1 Å². The van der Waals surface area contributed by atoms with Crippen molar-refractivity contribution in [3.8, 4) is 0 Å². The van der Waals surface area contributed by atoms with E-state index in [4.69, 9.17) is 10.5 Å². The predicted octanol–water partition coefficient (Wildman–Crippen LogP) is 1.80. The first kappa shape index (κ1) is 25.3. The first-order chi connectivity index (χ1) is 16.5. The minimum absolute atomic E-state index is 0.0636. The molecule has 4 rings (SSSR count). The molecule has 0 unspecified atom stereocenters. The SMILES string of the molecule is CC(=O)N1CCc2c(sc(NC(=O)c3ccc(S(=O)(=O)N4C[C@@H](C)O[C@H](C)C4)cc3)c2C(N)=O)C1. The van der Waals surface area contributed by atoms with Crippen LogP contribution in [-0.4, -0.2) is 67.2 Å². The third kappa shape index (κ3) is 5.10. The monoisotopic (exact) mass is 520 g/mol. The Labute approximate surface area is 208 Å². The molecule has 12 heteroatoms. The number of carbonyl (C=O) groups excluding carboxylic acids is 3. The molecule has 10 nitrogen and oxygen atoms in total. The van der Waals surface area contributed by atoms with E-state index in [1.807, 2.05) is 13.8 Å². The van der Waals surface area contributed by atoms with Crippen LogP contribution in [0.4, 0.5) is 5.00 Å². The van der Waals surface area contributed by atoms with Gasteiger partial charge in [0.15, 0.2) is 0 Å². The van der Waals surface area contributed by atoms with Crippen LogP contribution < -0.4 is 11.1 Å². The van der Waals surface area contributed by atoms with Gasteiger partial charge in [0.2, 0.25) is 15.9 Å². The van der Waals surface area contributed by atoms with E-state index in [1.165, 1.54) is 46.8 Å². The van der Waals surface area contributed by atoms with Crippen LogP contribution in [0.5, 0.6) is 0 Å². The number of primary amides is 1. The maximum atomic E-state index is 13.0. The van der Waals surface area contributed by atoms with Crippen molar-refractivity contribution < 1.29 is 27.5 Å². The van der Waals surface area contributed by atoms with Crippen LogP contribution in [-0.2, 0) is 32.5 Å². The van der Waals surface area contributed by atoms with Gasteiger partial charge in [0.25, 0.3) is 11.8 Å². The highest BCUT2D eigenvalue weighted by Crippen LogP contribution is 2.37. The van der Waals surface area contributed by atoms with Crippen molar-refractivity contribution in [1.82, 2.24) is 9.21 Å². The van der Waals surface area contributed by atoms with Gasteiger partial charge >= 0.3 is 0 Å². The van der Waals surface area contributed by atoms with E-state index in [1.54, 1.807) is 4.90 Å². The molecule has 2 aromatic rings.